The second kappa shape index (κ2) is 8.47. The Morgan fingerprint density at radius 2 is 1.85 bits per heavy atom. The fourth-order valence-corrected chi connectivity index (χ4v) is 3.20. The van der Waals surface area contributed by atoms with Gasteiger partial charge in [0.2, 0.25) is 0 Å². The maximum Gasteiger partial charge on any atom is 0.314 e. The third kappa shape index (κ3) is 4.94. The van der Waals surface area contributed by atoms with Gasteiger partial charge in [0, 0.05) is 31.7 Å². The van der Waals surface area contributed by atoms with Crippen molar-refractivity contribution < 1.29 is 4.79 Å². The average molecular weight is 284 g/mol. The lowest BCUT2D eigenvalue weighted by molar-refractivity contribution is 0.167. The van der Waals surface area contributed by atoms with Crippen LogP contribution in [0.15, 0.2) is 0 Å². The number of hydrogen-bond donors (Lipinski definition) is 2. The number of piperidine rings is 1. The highest BCUT2D eigenvalue weighted by atomic mass is 16.2. The van der Waals surface area contributed by atoms with Gasteiger partial charge in [-0.25, -0.2) is 4.79 Å². The first-order chi connectivity index (χ1) is 9.49. The molecule has 5 heteroatoms. The van der Waals surface area contributed by atoms with E-state index in [0.717, 1.165) is 38.4 Å². The zero-order chi connectivity index (χ0) is 15.1. The van der Waals surface area contributed by atoms with Crippen LogP contribution >= 0.6 is 0 Å². The van der Waals surface area contributed by atoms with Crippen LogP contribution < -0.4 is 11.1 Å². The van der Waals surface area contributed by atoms with Gasteiger partial charge in [-0.15, -0.1) is 0 Å². The van der Waals surface area contributed by atoms with E-state index >= 15 is 0 Å². The molecule has 1 rings (SSSR count). The Labute approximate surface area is 123 Å². The maximum absolute atomic E-state index is 11.1. The van der Waals surface area contributed by atoms with Gasteiger partial charge >= 0.3 is 6.03 Å². The zero-order valence-electron chi connectivity index (χ0n) is 13.6. The number of primary amides is 1. The van der Waals surface area contributed by atoms with E-state index < -0.39 is 0 Å². The predicted molar refractivity (Wildman–Crippen MR) is 83.7 cm³/mol. The topological polar surface area (TPSA) is 61.6 Å². The molecular weight excluding hydrogens is 252 g/mol. The van der Waals surface area contributed by atoms with Crippen molar-refractivity contribution in [3.8, 4) is 0 Å². The molecule has 20 heavy (non-hydrogen) atoms. The number of rotatable bonds is 7. The molecule has 2 amide bonds. The van der Waals surface area contributed by atoms with Crippen LogP contribution in [0.1, 0.15) is 39.5 Å². The molecule has 0 radical (unpaired) electrons. The summed E-state index contributed by atoms with van der Waals surface area (Å²) in [6.45, 7) is 7.14. The van der Waals surface area contributed by atoms with Gasteiger partial charge in [0.1, 0.15) is 0 Å². The quantitative estimate of drug-likeness (QED) is 0.744. The molecule has 0 aromatic rings. The number of amides is 2. The lowest BCUT2D eigenvalue weighted by Crippen LogP contribution is -2.50. The van der Waals surface area contributed by atoms with Crippen molar-refractivity contribution in [2.45, 2.75) is 51.6 Å². The first-order valence-electron chi connectivity index (χ1n) is 7.93. The Morgan fingerprint density at radius 1 is 1.30 bits per heavy atom. The largest absolute Gasteiger partial charge is 0.351 e. The van der Waals surface area contributed by atoms with Crippen LogP contribution in [-0.2, 0) is 0 Å². The van der Waals surface area contributed by atoms with Gasteiger partial charge in [0.25, 0.3) is 0 Å². The number of carbonyl (C=O) groups excluding carboxylic acids is 1. The number of urea groups is 1. The van der Waals surface area contributed by atoms with E-state index in [2.05, 4.69) is 38.2 Å². The van der Waals surface area contributed by atoms with E-state index in [0.29, 0.717) is 12.1 Å². The summed E-state index contributed by atoms with van der Waals surface area (Å²) in [5.74, 6) is 0.739. The Kier molecular flexibility index (Phi) is 7.30. The van der Waals surface area contributed by atoms with Crippen LogP contribution in [0.25, 0.3) is 0 Å². The van der Waals surface area contributed by atoms with E-state index in [-0.39, 0.29) is 6.03 Å². The third-order valence-electron chi connectivity index (χ3n) is 4.68. The minimum Gasteiger partial charge on any atom is -0.351 e. The second-order valence-corrected chi connectivity index (χ2v) is 6.12. The molecule has 1 saturated heterocycles. The molecule has 0 spiro atoms. The predicted octanol–water partition coefficient (Wildman–Crippen LogP) is 1.49. The van der Waals surface area contributed by atoms with Crippen molar-refractivity contribution in [2.75, 3.05) is 33.7 Å². The molecule has 5 nitrogen and oxygen atoms in total. The second-order valence-electron chi connectivity index (χ2n) is 6.12. The number of likely N-dealkylation sites (tertiary alicyclic amines) is 1. The number of likely N-dealkylation sites (N-methyl/N-ethyl adjacent to an activating group) is 1. The third-order valence-corrected chi connectivity index (χ3v) is 4.68. The van der Waals surface area contributed by atoms with Gasteiger partial charge in [-0.05, 0) is 32.9 Å². The fraction of sp³-hybridized carbons (Fsp3) is 0.933. The van der Waals surface area contributed by atoms with Gasteiger partial charge in [-0.1, -0.05) is 26.7 Å². The zero-order valence-corrected chi connectivity index (χ0v) is 13.6. The number of nitrogens with one attached hydrogen (secondary N) is 1. The van der Waals surface area contributed by atoms with Crippen LogP contribution in [-0.4, -0.2) is 61.6 Å². The minimum atomic E-state index is -0.286. The summed E-state index contributed by atoms with van der Waals surface area (Å²) in [6.07, 6.45) is 4.46. The molecule has 0 saturated carbocycles. The normalized spacial score (nSPS) is 18.8. The van der Waals surface area contributed by atoms with Crippen molar-refractivity contribution in [1.82, 2.24) is 15.1 Å². The standard InChI is InChI=1S/C15H32N4O/c1-5-12(6-2)14(18(3)4)11-17-13-7-9-19(10-8-13)15(16)20/h12-14,17H,5-11H2,1-4H3,(H2,16,20). The van der Waals surface area contributed by atoms with E-state index in [1.54, 1.807) is 4.90 Å². The Bertz CT molecular complexity index is 284. The average Bonchev–Trinajstić information content (AvgIpc) is 2.43. The lowest BCUT2D eigenvalue weighted by atomic mass is 9.92. The summed E-state index contributed by atoms with van der Waals surface area (Å²) in [7, 11) is 4.33. The molecule has 0 aliphatic carbocycles. The van der Waals surface area contributed by atoms with E-state index in [1.165, 1.54) is 12.8 Å². The van der Waals surface area contributed by atoms with Crippen LogP contribution in [0.2, 0.25) is 0 Å². The monoisotopic (exact) mass is 284 g/mol. The molecule has 1 aliphatic heterocycles. The summed E-state index contributed by atoms with van der Waals surface area (Å²) in [6, 6.07) is 0.813. The Balaban J connectivity index is 2.39. The molecule has 0 aromatic carbocycles. The van der Waals surface area contributed by atoms with Crippen LogP contribution in [0.4, 0.5) is 4.79 Å². The molecule has 1 unspecified atom stereocenters. The minimum absolute atomic E-state index is 0.286. The van der Waals surface area contributed by atoms with E-state index in [1.807, 2.05) is 0 Å². The maximum atomic E-state index is 11.1. The summed E-state index contributed by atoms with van der Waals surface area (Å²) in [4.78, 5) is 15.2. The molecule has 0 aromatic heterocycles. The molecule has 0 bridgehead atoms. The van der Waals surface area contributed by atoms with Crippen LogP contribution in [0, 0.1) is 5.92 Å². The summed E-state index contributed by atoms with van der Waals surface area (Å²) in [5, 5.41) is 3.69. The molecule has 1 aliphatic rings. The number of hydrogen-bond acceptors (Lipinski definition) is 3. The van der Waals surface area contributed by atoms with Crippen molar-refractivity contribution in [2.24, 2.45) is 11.7 Å². The fourth-order valence-electron chi connectivity index (χ4n) is 3.20. The first kappa shape index (κ1) is 17.2. The van der Waals surface area contributed by atoms with Gasteiger partial charge in [-0.3, -0.25) is 0 Å². The number of carbonyl (C=O) groups is 1. The van der Waals surface area contributed by atoms with E-state index in [9.17, 15) is 4.79 Å². The lowest BCUT2D eigenvalue weighted by Gasteiger charge is -2.35. The first-order valence-corrected chi connectivity index (χ1v) is 7.93. The van der Waals surface area contributed by atoms with Crippen LogP contribution in [0.5, 0.6) is 0 Å². The van der Waals surface area contributed by atoms with Crippen molar-refractivity contribution in [3.63, 3.8) is 0 Å². The highest BCUT2D eigenvalue weighted by Gasteiger charge is 2.24. The molecule has 118 valence electrons. The van der Waals surface area contributed by atoms with Crippen molar-refractivity contribution >= 4 is 6.03 Å². The highest BCUT2D eigenvalue weighted by molar-refractivity contribution is 5.72. The van der Waals surface area contributed by atoms with Crippen molar-refractivity contribution in [1.29, 1.82) is 0 Å². The van der Waals surface area contributed by atoms with Gasteiger partial charge in [0.05, 0.1) is 0 Å². The Hall–Kier alpha value is -0.810. The summed E-state index contributed by atoms with van der Waals surface area (Å²) < 4.78 is 0. The van der Waals surface area contributed by atoms with Crippen LogP contribution in [0.3, 0.4) is 0 Å². The Morgan fingerprint density at radius 3 is 2.25 bits per heavy atom. The molecule has 1 fully saturated rings. The number of nitrogens with two attached hydrogens (primary N) is 1. The molecule has 1 atom stereocenters. The van der Waals surface area contributed by atoms with Gasteiger partial charge in [-0.2, -0.15) is 0 Å². The van der Waals surface area contributed by atoms with E-state index in [4.69, 9.17) is 5.73 Å². The van der Waals surface area contributed by atoms with Gasteiger partial charge in [0.15, 0.2) is 0 Å². The SMILES string of the molecule is CCC(CC)C(CNC1CCN(C(N)=O)CC1)N(C)C. The highest BCUT2D eigenvalue weighted by Crippen LogP contribution is 2.17. The summed E-state index contributed by atoms with van der Waals surface area (Å²) in [5.41, 5.74) is 5.31. The molecule has 3 N–H and O–H groups in total. The molecule has 1 heterocycles. The number of nitrogens with zero attached hydrogens (tertiary/aromatic N) is 2. The van der Waals surface area contributed by atoms with Crippen molar-refractivity contribution in [3.05, 3.63) is 0 Å². The molecular formula is C15H32N4O. The van der Waals surface area contributed by atoms with Gasteiger partial charge < -0.3 is 20.9 Å². The smallest absolute Gasteiger partial charge is 0.314 e. The summed E-state index contributed by atoms with van der Waals surface area (Å²) >= 11 is 0.